The van der Waals surface area contributed by atoms with Crippen LogP contribution in [0.1, 0.15) is 31.4 Å². The van der Waals surface area contributed by atoms with Gasteiger partial charge in [-0.25, -0.2) is 0 Å². The summed E-state index contributed by atoms with van der Waals surface area (Å²) in [4.78, 5) is 12.2. The molecule has 182 valence electrons. The van der Waals surface area contributed by atoms with Gasteiger partial charge in [0, 0.05) is 13.0 Å². The second-order valence-corrected chi connectivity index (χ2v) is 7.14. The molecular formula is C24H30F3NO5. The first-order chi connectivity index (χ1) is 15.8. The summed E-state index contributed by atoms with van der Waals surface area (Å²) >= 11 is 0. The van der Waals surface area contributed by atoms with Crippen LogP contribution in [-0.2, 0) is 17.6 Å². The van der Waals surface area contributed by atoms with Gasteiger partial charge >= 0.3 is 6.18 Å². The van der Waals surface area contributed by atoms with Crippen molar-refractivity contribution in [1.82, 2.24) is 5.32 Å². The molecule has 0 atom stereocenters. The number of hydrogen-bond donors (Lipinski definition) is 1. The molecule has 0 bridgehead atoms. The highest BCUT2D eigenvalue weighted by Gasteiger charge is 2.29. The Morgan fingerprint density at radius 1 is 0.848 bits per heavy atom. The van der Waals surface area contributed by atoms with Crippen LogP contribution in [0.4, 0.5) is 13.2 Å². The number of carbonyl (C=O) groups is 1. The lowest BCUT2D eigenvalue weighted by Crippen LogP contribution is -2.25. The van der Waals surface area contributed by atoms with E-state index in [4.69, 9.17) is 18.9 Å². The topological polar surface area (TPSA) is 66.0 Å². The summed E-state index contributed by atoms with van der Waals surface area (Å²) in [6.45, 7) is 3.95. The monoisotopic (exact) mass is 469 g/mol. The van der Waals surface area contributed by atoms with Crippen molar-refractivity contribution in [3.05, 3.63) is 47.5 Å². The third-order valence-electron chi connectivity index (χ3n) is 4.60. The molecule has 0 spiro atoms. The highest BCUT2D eigenvalue weighted by atomic mass is 19.4. The molecular weight excluding hydrogens is 439 g/mol. The summed E-state index contributed by atoms with van der Waals surface area (Å²) in [5.74, 6) is 1.45. The molecule has 0 saturated carbocycles. The van der Waals surface area contributed by atoms with Gasteiger partial charge in [0.1, 0.15) is 0 Å². The van der Waals surface area contributed by atoms with Crippen molar-refractivity contribution in [2.24, 2.45) is 0 Å². The van der Waals surface area contributed by atoms with Crippen LogP contribution in [0.3, 0.4) is 0 Å². The second kappa shape index (κ2) is 12.8. The van der Waals surface area contributed by atoms with Crippen LogP contribution in [0.25, 0.3) is 0 Å². The number of hydrogen-bond acceptors (Lipinski definition) is 5. The zero-order valence-corrected chi connectivity index (χ0v) is 19.1. The Bertz CT molecular complexity index is 902. The van der Waals surface area contributed by atoms with Gasteiger partial charge in [-0.2, -0.15) is 13.2 Å². The number of methoxy groups -OCH3 is 1. The van der Waals surface area contributed by atoms with E-state index in [-0.39, 0.29) is 23.8 Å². The number of benzene rings is 2. The van der Waals surface area contributed by atoms with E-state index in [1.165, 1.54) is 13.2 Å². The first-order valence-electron chi connectivity index (χ1n) is 10.8. The number of alkyl halides is 3. The Labute approximate surface area is 192 Å². The molecule has 0 fully saturated rings. The Balaban J connectivity index is 1.83. The summed E-state index contributed by atoms with van der Waals surface area (Å²) in [6, 6.07) is 10.3. The van der Waals surface area contributed by atoms with Crippen LogP contribution >= 0.6 is 0 Å². The van der Waals surface area contributed by atoms with Gasteiger partial charge in [-0.1, -0.05) is 12.1 Å². The lowest BCUT2D eigenvalue weighted by Gasteiger charge is -2.14. The molecule has 2 aromatic carbocycles. The zero-order valence-electron chi connectivity index (χ0n) is 19.1. The highest BCUT2D eigenvalue weighted by Crippen LogP contribution is 2.30. The van der Waals surface area contributed by atoms with E-state index in [2.05, 4.69) is 5.32 Å². The van der Waals surface area contributed by atoms with Gasteiger partial charge in [-0.3, -0.25) is 4.79 Å². The van der Waals surface area contributed by atoms with Crippen molar-refractivity contribution in [2.45, 2.75) is 39.3 Å². The Kier molecular flexibility index (Phi) is 10.2. The number of amides is 1. The molecule has 6 nitrogen and oxygen atoms in total. The lowest BCUT2D eigenvalue weighted by atomic mass is 10.1. The first-order valence-corrected chi connectivity index (χ1v) is 10.8. The fourth-order valence-corrected chi connectivity index (χ4v) is 3.09. The van der Waals surface area contributed by atoms with Crippen molar-refractivity contribution >= 4 is 5.91 Å². The van der Waals surface area contributed by atoms with Gasteiger partial charge in [0.25, 0.3) is 0 Å². The van der Waals surface area contributed by atoms with Crippen LogP contribution in [0.15, 0.2) is 36.4 Å². The largest absolute Gasteiger partial charge is 0.493 e. The number of nitrogens with one attached hydrogen (secondary N) is 1. The van der Waals surface area contributed by atoms with Crippen molar-refractivity contribution in [2.75, 3.05) is 33.5 Å². The molecule has 2 rings (SSSR count). The van der Waals surface area contributed by atoms with E-state index in [9.17, 15) is 18.0 Å². The second-order valence-electron chi connectivity index (χ2n) is 7.14. The molecule has 0 aliphatic heterocycles. The van der Waals surface area contributed by atoms with E-state index < -0.39 is 12.8 Å². The summed E-state index contributed by atoms with van der Waals surface area (Å²) in [6.07, 6.45) is -3.15. The van der Waals surface area contributed by atoms with Gasteiger partial charge in [0.15, 0.2) is 29.6 Å². The number of ether oxygens (including phenoxy) is 4. The van der Waals surface area contributed by atoms with Gasteiger partial charge in [0.05, 0.1) is 20.3 Å². The van der Waals surface area contributed by atoms with Crippen molar-refractivity contribution < 1.29 is 36.9 Å². The SMILES string of the molecule is CCOc1ccc(CCNC(=O)CCc2ccc(OCC(F)(F)F)c(OC)c2)cc1OCC. The normalized spacial score (nSPS) is 11.1. The predicted molar refractivity (Wildman–Crippen MR) is 118 cm³/mol. The minimum absolute atomic E-state index is 0.00445. The van der Waals surface area contributed by atoms with Crippen LogP contribution in [0.5, 0.6) is 23.0 Å². The molecule has 0 aliphatic carbocycles. The summed E-state index contributed by atoms with van der Waals surface area (Å²) < 4.78 is 58.1. The number of halogens is 3. The fraction of sp³-hybridized carbons (Fsp3) is 0.458. The van der Waals surface area contributed by atoms with E-state index in [0.717, 1.165) is 11.1 Å². The molecule has 33 heavy (non-hydrogen) atoms. The first kappa shape index (κ1) is 26.2. The Morgan fingerprint density at radius 3 is 2.03 bits per heavy atom. The van der Waals surface area contributed by atoms with Crippen LogP contribution in [-0.4, -0.2) is 45.6 Å². The van der Waals surface area contributed by atoms with Crippen LogP contribution < -0.4 is 24.3 Å². The van der Waals surface area contributed by atoms with Crippen molar-refractivity contribution in [1.29, 1.82) is 0 Å². The molecule has 0 aromatic heterocycles. The molecule has 1 N–H and O–H groups in total. The fourth-order valence-electron chi connectivity index (χ4n) is 3.09. The molecule has 0 aliphatic rings. The number of carbonyl (C=O) groups excluding carboxylic acids is 1. The summed E-state index contributed by atoms with van der Waals surface area (Å²) in [5, 5.41) is 2.88. The molecule has 1 amide bonds. The Hall–Kier alpha value is -3.10. The lowest BCUT2D eigenvalue weighted by molar-refractivity contribution is -0.153. The third-order valence-corrected chi connectivity index (χ3v) is 4.60. The van der Waals surface area contributed by atoms with Gasteiger partial charge in [-0.05, 0) is 62.1 Å². The molecule has 0 radical (unpaired) electrons. The predicted octanol–water partition coefficient (Wildman–Crippen LogP) is 4.73. The van der Waals surface area contributed by atoms with Gasteiger partial charge in [-0.15, -0.1) is 0 Å². The van der Waals surface area contributed by atoms with Crippen LogP contribution in [0.2, 0.25) is 0 Å². The van der Waals surface area contributed by atoms with Gasteiger partial charge in [0.2, 0.25) is 5.91 Å². The minimum atomic E-state index is -4.43. The molecule has 0 unspecified atom stereocenters. The zero-order chi connectivity index (χ0) is 24.3. The van der Waals surface area contributed by atoms with E-state index >= 15 is 0 Å². The average molecular weight is 470 g/mol. The van der Waals surface area contributed by atoms with Crippen LogP contribution in [0, 0.1) is 0 Å². The molecule has 2 aromatic rings. The van der Waals surface area contributed by atoms with E-state index in [0.29, 0.717) is 44.1 Å². The summed E-state index contributed by atoms with van der Waals surface area (Å²) in [7, 11) is 1.35. The highest BCUT2D eigenvalue weighted by molar-refractivity contribution is 5.76. The maximum absolute atomic E-state index is 12.4. The minimum Gasteiger partial charge on any atom is -0.493 e. The van der Waals surface area contributed by atoms with Crippen molar-refractivity contribution in [3.63, 3.8) is 0 Å². The number of rotatable bonds is 13. The maximum atomic E-state index is 12.4. The van der Waals surface area contributed by atoms with Crippen molar-refractivity contribution in [3.8, 4) is 23.0 Å². The quantitative estimate of drug-likeness (QED) is 0.460. The van der Waals surface area contributed by atoms with Gasteiger partial charge < -0.3 is 24.3 Å². The number of aryl methyl sites for hydroxylation is 1. The standard InChI is InChI=1S/C24H30F3NO5/c1-4-31-20-10-7-18(15-22(20)32-5-2)12-13-28-23(29)11-8-17-6-9-19(21(14-17)30-3)33-16-24(25,26)27/h6-7,9-10,14-15H,4-5,8,11-13,16H2,1-3H3,(H,28,29). The molecule has 9 heteroatoms. The molecule has 0 heterocycles. The van der Waals surface area contributed by atoms with E-state index in [1.54, 1.807) is 12.1 Å². The summed E-state index contributed by atoms with van der Waals surface area (Å²) in [5.41, 5.74) is 1.77. The molecule has 0 saturated heterocycles. The maximum Gasteiger partial charge on any atom is 0.422 e. The average Bonchev–Trinajstić information content (AvgIpc) is 2.78. The third kappa shape index (κ3) is 9.11. The smallest absolute Gasteiger partial charge is 0.422 e. The Morgan fingerprint density at radius 2 is 1.42 bits per heavy atom. The van der Waals surface area contributed by atoms with E-state index in [1.807, 2.05) is 32.0 Å².